The van der Waals surface area contributed by atoms with Crippen molar-refractivity contribution in [2.24, 2.45) is 0 Å². The van der Waals surface area contributed by atoms with Crippen LogP contribution >= 0.6 is 23.2 Å². The van der Waals surface area contributed by atoms with Gasteiger partial charge in [-0.2, -0.15) is 4.31 Å². The molecule has 2 amide bonds. The Balaban J connectivity index is 1.43. The summed E-state index contributed by atoms with van der Waals surface area (Å²) in [4.78, 5) is 13.8. The number of ether oxygens (including phenoxy) is 1. The third-order valence-electron chi connectivity index (χ3n) is 4.72. The van der Waals surface area contributed by atoms with Crippen LogP contribution in [-0.2, 0) is 10.0 Å². The van der Waals surface area contributed by atoms with Crippen molar-refractivity contribution in [2.75, 3.05) is 39.3 Å². The number of rotatable bonds is 7. The van der Waals surface area contributed by atoms with Gasteiger partial charge in [-0.15, -0.1) is 0 Å². The Hall–Kier alpha value is -2.07. The first-order valence-electron chi connectivity index (χ1n) is 9.64. The number of nitrogens with one attached hydrogen (secondary N) is 1. The molecule has 11 heteroatoms. The smallest absolute Gasteiger partial charge is 0.317 e. The lowest BCUT2D eigenvalue weighted by molar-refractivity contribution is 0.171. The van der Waals surface area contributed by atoms with E-state index in [1.165, 1.54) is 40.7 Å². The van der Waals surface area contributed by atoms with E-state index in [9.17, 15) is 17.6 Å². The van der Waals surface area contributed by atoms with E-state index in [0.717, 1.165) is 0 Å². The summed E-state index contributed by atoms with van der Waals surface area (Å²) in [6.45, 7) is 1.55. The molecule has 1 aliphatic heterocycles. The van der Waals surface area contributed by atoms with E-state index in [4.69, 9.17) is 27.9 Å². The predicted molar refractivity (Wildman–Crippen MR) is 117 cm³/mol. The second-order valence-corrected chi connectivity index (χ2v) is 9.52. The number of piperazine rings is 1. The zero-order valence-corrected chi connectivity index (χ0v) is 18.9. The summed E-state index contributed by atoms with van der Waals surface area (Å²) in [5.74, 6) is 0.228. The fraction of sp³-hybridized carbons (Fsp3) is 0.350. The highest BCUT2D eigenvalue weighted by molar-refractivity contribution is 7.89. The molecule has 0 radical (unpaired) electrons. The van der Waals surface area contributed by atoms with Crippen LogP contribution in [0.1, 0.15) is 6.42 Å². The van der Waals surface area contributed by atoms with Gasteiger partial charge in [-0.25, -0.2) is 17.6 Å². The van der Waals surface area contributed by atoms with E-state index < -0.39 is 10.0 Å². The molecule has 3 rings (SSSR count). The second kappa shape index (κ2) is 10.5. The molecular formula is C20H22Cl2FN3O4S. The zero-order valence-electron chi connectivity index (χ0n) is 16.6. The molecule has 1 heterocycles. The molecule has 0 aliphatic carbocycles. The minimum Gasteiger partial charge on any atom is -0.494 e. The minimum atomic E-state index is -3.85. The number of amides is 2. The molecule has 0 spiro atoms. The molecule has 1 saturated heterocycles. The van der Waals surface area contributed by atoms with Crippen molar-refractivity contribution in [3.05, 3.63) is 58.3 Å². The first kappa shape index (κ1) is 23.6. The highest BCUT2D eigenvalue weighted by Crippen LogP contribution is 2.31. The molecule has 168 valence electrons. The Bertz CT molecular complexity index is 993. The first-order valence-corrected chi connectivity index (χ1v) is 11.8. The maximum Gasteiger partial charge on any atom is 0.317 e. The molecule has 1 fully saturated rings. The van der Waals surface area contributed by atoms with Crippen LogP contribution in [-0.4, -0.2) is 63.0 Å². The summed E-state index contributed by atoms with van der Waals surface area (Å²) < 4.78 is 45.4. The van der Waals surface area contributed by atoms with E-state index >= 15 is 0 Å². The first-order chi connectivity index (χ1) is 14.8. The number of carbonyl (C=O) groups is 1. The average molecular weight is 490 g/mol. The Morgan fingerprint density at radius 3 is 2.26 bits per heavy atom. The maximum absolute atomic E-state index is 12.9. The lowest BCUT2D eigenvalue weighted by Crippen LogP contribution is -2.53. The zero-order chi connectivity index (χ0) is 22.4. The molecule has 0 saturated carbocycles. The number of benzene rings is 2. The molecule has 0 unspecified atom stereocenters. The Morgan fingerprint density at radius 2 is 1.65 bits per heavy atom. The van der Waals surface area contributed by atoms with Crippen LogP contribution in [0.2, 0.25) is 10.0 Å². The third kappa shape index (κ3) is 6.00. The molecule has 0 bridgehead atoms. The summed E-state index contributed by atoms with van der Waals surface area (Å²) >= 11 is 12.1. The molecule has 0 aromatic heterocycles. The van der Waals surface area contributed by atoms with E-state index in [1.54, 1.807) is 11.0 Å². The molecule has 1 aliphatic rings. The van der Waals surface area contributed by atoms with Crippen molar-refractivity contribution < 1.29 is 22.3 Å². The van der Waals surface area contributed by atoms with Crippen molar-refractivity contribution in [3.8, 4) is 5.75 Å². The van der Waals surface area contributed by atoms with Gasteiger partial charge in [0.1, 0.15) is 16.5 Å². The summed E-state index contributed by atoms with van der Waals surface area (Å²) in [6.07, 6.45) is 0.572. The number of halogens is 3. The van der Waals surface area contributed by atoms with Crippen LogP contribution in [0.3, 0.4) is 0 Å². The second-order valence-electron chi connectivity index (χ2n) is 6.83. The van der Waals surface area contributed by atoms with Crippen molar-refractivity contribution in [2.45, 2.75) is 11.3 Å². The highest BCUT2D eigenvalue weighted by Gasteiger charge is 2.32. The SMILES string of the molecule is O=C(NCCCOc1ccc(F)cc1)N1CCN(S(=O)(=O)c2c(Cl)cccc2Cl)CC1. The van der Waals surface area contributed by atoms with E-state index in [-0.39, 0.29) is 53.0 Å². The average Bonchev–Trinajstić information content (AvgIpc) is 2.74. The van der Waals surface area contributed by atoms with Gasteiger partial charge in [0.2, 0.25) is 10.0 Å². The number of sulfonamides is 1. The fourth-order valence-corrected chi connectivity index (χ4v) is 5.60. The summed E-state index contributed by atoms with van der Waals surface area (Å²) in [7, 11) is -3.85. The third-order valence-corrected chi connectivity index (χ3v) is 7.58. The number of urea groups is 1. The molecular weight excluding hydrogens is 468 g/mol. The van der Waals surface area contributed by atoms with Crippen LogP contribution in [0.25, 0.3) is 0 Å². The van der Waals surface area contributed by atoms with Gasteiger partial charge in [-0.3, -0.25) is 0 Å². The number of hydrogen-bond donors (Lipinski definition) is 1. The quantitative estimate of drug-likeness (QED) is 0.602. The number of hydrogen-bond acceptors (Lipinski definition) is 4. The fourth-order valence-electron chi connectivity index (χ4n) is 3.09. The van der Waals surface area contributed by atoms with E-state index in [2.05, 4.69) is 5.32 Å². The minimum absolute atomic E-state index is 0.0653. The van der Waals surface area contributed by atoms with Crippen LogP contribution in [0, 0.1) is 5.82 Å². The van der Waals surface area contributed by atoms with Crippen molar-refractivity contribution in [1.82, 2.24) is 14.5 Å². The Labute approximate surface area is 190 Å². The summed E-state index contributed by atoms with van der Waals surface area (Å²) in [5, 5.41) is 2.92. The molecule has 2 aromatic rings. The lowest BCUT2D eigenvalue weighted by Gasteiger charge is -2.34. The monoisotopic (exact) mass is 489 g/mol. The maximum atomic E-state index is 12.9. The van der Waals surface area contributed by atoms with Gasteiger partial charge in [0.25, 0.3) is 0 Å². The normalized spacial score (nSPS) is 15.0. The van der Waals surface area contributed by atoms with E-state index in [1.807, 2.05) is 0 Å². The highest BCUT2D eigenvalue weighted by atomic mass is 35.5. The van der Waals surface area contributed by atoms with Crippen LogP contribution < -0.4 is 10.1 Å². The van der Waals surface area contributed by atoms with Gasteiger partial charge in [0.15, 0.2) is 0 Å². The topological polar surface area (TPSA) is 79.0 Å². The van der Waals surface area contributed by atoms with Crippen molar-refractivity contribution >= 4 is 39.3 Å². The molecule has 31 heavy (non-hydrogen) atoms. The summed E-state index contributed by atoms with van der Waals surface area (Å²) in [5.41, 5.74) is 0. The standard InChI is InChI=1S/C20H22Cl2FN3O4S/c21-17-3-1-4-18(22)19(17)31(28,29)26-12-10-25(11-13-26)20(27)24-9-2-14-30-16-7-5-15(23)6-8-16/h1,3-8H,2,9-14H2,(H,24,27). The molecule has 2 aromatic carbocycles. The molecule has 7 nitrogen and oxygen atoms in total. The van der Waals surface area contributed by atoms with Crippen LogP contribution in [0.15, 0.2) is 47.4 Å². The van der Waals surface area contributed by atoms with Gasteiger partial charge in [0, 0.05) is 32.7 Å². The van der Waals surface area contributed by atoms with Gasteiger partial charge < -0.3 is 15.0 Å². The van der Waals surface area contributed by atoms with Gasteiger partial charge in [-0.05, 0) is 42.8 Å². The largest absolute Gasteiger partial charge is 0.494 e. The van der Waals surface area contributed by atoms with Crippen molar-refractivity contribution in [1.29, 1.82) is 0 Å². The lowest BCUT2D eigenvalue weighted by atomic mass is 10.3. The van der Waals surface area contributed by atoms with Gasteiger partial charge >= 0.3 is 6.03 Å². The van der Waals surface area contributed by atoms with Crippen LogP contribution in [0.5, 0.6) is 5.75 Å². The van der Waals surface area contributed by atoms with Gasteiger partial charge in [0.05, 0.1) is 16.7 Å². The predicted octanol–water partition coefficient (Wildman–Crippen LogP) is 3.62. The van der Waals surface area contributed by atoms with Crippen molar-refractivity contribution in [3.63, 3.8) is 0 Å². The number of carbonyl (C=O) groups excluding carboxylic acids is 1. The summed E-state index contributed by atoms with van der Waals surface area (Å²) in [6, 6.07) is 9.97. The number of nitrogens with zero attached hydrogens (tertiary/aromatic N) is 2. The Morgan fingerprint density at radius 1 is 1.03 bits per heavy atom. The molecule has 0 atom stereocenters. The molecule has 1 N–H and O–H groups in total. The Kier molecular flexibility index (Phi) is 7.99. The van der Waals surface area contributed by atoms with Crippen LogP contribution in [0.4, 0.5) is 9.18 Å². The van der Waals surface area contributed by atoms with Gasteiger partial charge in [-0.1, -0.05) is 29.3 Å². The van der Waals surface area contributed by atoms with E-state index in [0.29, 0.717) is 25.3 Å².